The second-order valence-corrected chi connectivity index (χ2v) is 19.0. The molecule has 0 aliphatic heterocycles. The van der Waals surface area contributed by atoms with E-state index in [9.17, 15) is 0 Å². The Balaban J connectivity index is 0.000000218. The van der Waals surface area contributed by atoms with E-state index in [4.69, 9.17) is 0 Å². The van der Waals surface area contributed by atoms with E-state index in [0.29, 0.717) is 11.8 Å². The molecule has 2 saturated carbocycles. The van der Waals surface area contributed by atoms with E-state index in [-0.39, 0.29) is 62.7 Å². The summed E-state index contributed by atoms with van der Waals surface area (Å²) in [4.78, 5) is 0. The molecule has 0 spiro atoms. The molecule has 6 aliphatic carbocycles. The Morgan fingerprint density at radius 1 is 0.630 bits per heavy atom. The normalized spacial score (nSPS) is 38.4. The van der Waals surface area contributed by atoms with Gasteiger partial charge in [-0.15, -0.1) is 24.3 Å². The zero-order valence-electron chi connectivity index (χ0n) is 34.6. The standard InChI is InChI=1S/C29H37.C15H14.C7H9.2ClH.Zr/c1-21-14-13-15-22-20-27(6)25(4)18-10-9-16-23(25,2)24(3)17-11-12-19-26(24,5)29(27,8)28(21,22)7;1-12-3-7-14(8-4-12)11-15-9-5-13(2)6-10-15;1-6-3-4-7(2)5-6;;;/h9-20,22H,1-8H3;3-10H,1-2H3;3,5,7H,1-2H3;2*1H;/q-1;;-1;;;+2/p-2. The molecule has 54 heavy (non-hydrogen) atoms. The van der Waals surface area contributed by atoms with E-state index >= 15 is 0 Å². The number of hydrogen-bond donors (Lipinski definition) is 0. The number of allylic oxidation sites excluding steroid dienone is 16. The van der Waals surface area contributed by atoms with Crippen molar-refractivity contribution in [2.45, 2.75) is 83.1 Å². The van der Waals surface area contributed by atoms with Crippen LogP contribution in [0.5, 0.6) is 0 Å². The third kappa shape index (κ3) is 6.13. The maximum Gasteiger partial charge on any atom is -1.00 e. The van der Waals surface area contributed by atoms with Gasteiger partial charge in [-0.3, -0.25) is 6.08 Å². The van der Waals surface area contributed by atoms with Gasteiger partial charge in [-0.05, 0) is 28.6 Å². The van der Waals surface area contributed by atoms with E-state index in [1.54, 1.807) is 0 Å². The van der Waals surface area contributed by atoms with Crippen molar-refractivity contribution >= 4 is 3.21 Å². The number of benzene rings is 2. The summed E-state index contributed by atoms with van der Waals surface area (Å²) < 4.78 is 1.42. The quantitative estimate of drug-likeness (QED) is 0.286. The fourth-order valence-electron chi connectivity index (χ4n) is 11.6. The van der Waals surface area contributed by atoms with Crippen molar-refractivity contribution in [3.05, 3.63) is 173 Å². The average molecular weight is 835 g/mol. The topological polar surface area (TPSA) is 0 Å². The van der Waals surface area contributed by atoms with Gasteiger partial charge in [0.25, 0.3) is 0 Å². The molecule has 284 valence electrons. The number of fused-ring (bicyclic) bond motifs is 8. The molecule has 6 aliphatic rings. The Labute approximate surface area is 356 Å². The molecular weight excluding hydrogens is 775 g/mol. The van der Waals surface area contributed by atoms with Crippen LogP contribution in [0.2, 0.25) is 0 Å². The first-order chi connectivity index (χ1) is 24.3. The molecule has 0 saturated heterocycles. The van der Waals surface area contributed by atoms with E-state index in [1.165, 1.54) is 60.8 Å². The molecule has 0 nitrogen and oxygen atoms in total. The Morgan fingerprint density at radius 3 is 1.50 bits per heavy atom. The first kappa shape index (κ1) is 44.4. The Morgan fingerprint density at radius 2 is 1.07 bits per heavy atom. The van der Waals surface area contributed by atoms with Crippen LogP contribution in [0.15, 0.2) is 139 Å². The monoisotopic (exact) mass is 832 g/mol. The molecule has 0 bridgehead atoms. The average Bonchev–Trinajstić information content (AvgIpc) is 3.59. The summed E-state index contributed by atoms with van der Waals surface area (Å²) in [5.74, 6) is 1.02. The molecule has 8 rings (SSSR count). The fourth-order valence-corrected chi connectivity index (χ4v) is 12.4. The molecule has 9 atom stereocenters. The van der Waals surface area contributed by atoms with Crippen molar-refractivity contribution in [2.75, 3.05) is 0 Å². The molecule has 0 radical (unpaired) electrons. The van der Waals surface area contributed by atoms with Gasteiger partial charge < -0.3 is 31.2 Å². The van der Waals surface area contributed by atoms with E-state index in [1.807, 2.05) is 6.08 Å². The maximum absolute atomic E-state index is 3.15. The van der Waals surface area contributed by atoms with Crippen LogP contribution in [0, 0.1) is 76.1 Å². The minimum atomic E-state index is 0. The molecule has 0 aromatic heterocycles. The predicted octanol–water partition coefficient (Wildman–Crippen LogP) is 7.02. The summed E-state index contributed by atoms with van der Waals surface area (Å²) >= 11 is 1.46. The number of aryl methyl sites for hydroxylation is 2. The van der Waals surface area contributed by atoms with Crippen LogP contribution < -0.4 is 24.8 Å². The summed E-state index contributed by atoms with van der Waals surface area (Å²) in [6.45, 7) is 28.8. The number of hydrogen-bond acceptors (Lipinski definition) is 0. The first-order valence-electron chi connectivity index (χ1n) is 19.3. The van der Waals surface area contributed by atoms with Crippen LogP contribution in [-0.4, -0.2) is 3.21 Å². The van der Waals surface area contributed by atoms with Crippen molar-refractivity contribution in [1.82, 2.24) is 0 Å². The summed E-state index contributed by atoms with van der Waals surface area (Å²) in [7, 11) is 0. The van der Waals surface area contributed by atoms with Crippen molar-refractivity contribution in [2.24, 2.45) is 49.7 Å². The molecule has 9 unspecified atom stereocenters. The minimum Gasteiger partial charge on any atom is -1.00 e. The molecule has 0 amide bonds. The molecule has 0 heterocycles. The van der Waals surface area contributed by atoms with Crippen LogP contribution >= 0.6 is 0 Å². The van der Waals surface area contributed by atoms with Crippen LogP contribution in [0.3, 0.4) is 0 Å². The third-order valence-corrected chi connectivity index (χ3v) is 17.2. The van der Waals surface area contributed by atoms with Crippen LogP contribution in [0.4, 0.5) is 0 Å². The van der Waals surface area contributed by atoms with Gasteiger partial charge >= 0.3 is 112 Å². The minimum absolute atomic E-state index is 0. The molecule has 2 aromatic carbocycles. The van der Waals surface area contributed by atoms with Gasteiger partial charge in [-0.1, -0.05) is 128 Å². The van der Waals surface area contributed by atoms with E-state index in [0.717, 1.165) is 0 Å². The summed E-state index contributed by atoms with van der Waals surface area (Å²) in [6, 6.07) is 17.5. The fraction of sp³-hybridized carbons (Fsp3) is 0.412. The van der Waals surface area contributed by atoms with Gasteiger partial charge in [0.1, 0.15) is 0 Å². The molecule has 2 aromatic rings. The van der Waals surface area contributed by atoms with Gasteiger partial charge in [0.2, 0.25) is 0 Å². The molecular formula is C51H60Cl2Zr-2. The number of halogens is 2. The van der Waals surface area contributed by atoms with Gasteiger partial charge in [0, 0.05) is 10.8 Å². The largest absolute Gasteiger partial charge is 1.00 e. The summed E-state index contributed by atoms with van der Waals surface area (Å²) in [5.41, 5.74) is 8.39. The van der Waals surface area contributed by atoms with Crippen molar-refractivity contribution in [1.29, 1.82) is 0 Å². The maximum atomic E-state index is 3.15. The Kier molecular flexibility index (Phi) is 12.8. The smallest absolute Gasteiger partial charge is 1.00 e. The second kappa shape index (κ2) is 15.6. The van der Waals surface area contributed by atoms with Crippen LogP contribution in [0.25, 0.3) is 0 Å². The van der Waals surface area contributed by atoms with Gasteiger partial charge in [-0.25, -0.2) is 11.6 Å². The predicted molar refractivity (Wildman–Crippen MR) is 220 cm³/mol. The third-order valence-electron chi connectivity index (χ3n) is 15.8. The van der Waals surface area contributed by atoms with Crippen LogP contribution in [0.1, 0.15) is 91.5 Å². The van der Waals surface area contributed by atoms with Gasteiger partial charge in [0.05, 0.1) is 0 Å². The molecule has 3 heteroatoms. The molecule has 2 fully saturated rings. The van der Waals surface area contributed by atoms with Crippen molar-refractivity contribution in [3.8, 4) is 0 Å². The van der Waals surface area contributed by atoms with Gasteiger partial charge in [-0.2, -0.15) is 6.08 Å². The van der Waals surface area contributed by atoms with Crippen molar-refractivity contribution < 1.29 is 49.0 Å². The Bertz CT molecular complexity index is 1940. The van der Waals surface area contributed by atoms with Crippen LogP contribution in [-0.2, 0) is 24.2 Å². The first-order valence-corrected chi connectivity index (χ1v) is 20.5. The second-order valence-electron chi connectivity index (χ2n) is 17.8. The number of rotatable bonds is 2. The summed E-state index contributed by atoms with van der Waals surface area (Å²) in [6.07, 6.45) is 36.6. The molecule has 0 N–H and O–H groups in total. The van der Waals surface area contributed by atoms with Gasteiger partial charge in [0.15, 0.2) is 0 Å². The SMILES string of the molecule is CC1=CC(C)[C-]=C1.CC1=CC=CC2[CH-]C3(C)C4(C)C=CC=CC4(C)C4(C)C=CC=CC4(C)C3(C)C12C.Cc1ccc([C](=[Zr+2])c2ccc(C)cc2)cc1.[Cl-].[Cl-]. The van der Waals surface area contributed by atoms with E-state index in [2.05, 4.69) is 217 Å². The van der Waals surface area contributed by atoms with E-state index < -0.39 is 0 Å². The zero-order chi connectivity index (χ0) is 38.0. The summed E-state index contributed by atoms with van der Waals surface area (Å²) in [5, 5.41) is 0. The Hall–Kier alpha value is -2.31. The van der Waals surface area contributed by atoms with Crippen molar-refractivity contribution in [3.63, 3.8) is 0 Å². The zero-order valence-corrected chi connectivity index (χ0v) is 38.6.